The van der Waals surface area contributed by atoms with Crippen molar-refractivity contribution in [2.75, 3.05) is 24.6 Å². The van der Waals surface area contributed by atoms with Crippen LogP contribution in [0.1, 0.15) is 23.1 Å². The fraction of sp³-hybridized carbons (Fsp3) is 0.222. The van der Waals surface area contributed by atoms with E-state index in [0.29, 0.717) is 11.4 Å². The molecule has 0 fully saturated rings. The van der Waals surface area contributed by atoms with Crippen LogP contribution in [0.3, 0.4) is 0 Å². The van der Waals surface area contributed by atoms with Crippen LogP contribution in [-0.4, -0.2) is 24.6 Å². The van der Waals surface area contributed by atoms with Crippen LogP contribution in [0.25, 0.3) is 0 Å². The summed E-state index contributed by atoms with van der Waals surface area (Å²) in [6, 6.07) is 12.0. The number of nitrogens with one attached hydrogen (secondary N) is 1. The standard InChI is InChI=1S/C18H19N5/c19-14-4-2-11(9-15(14)20)17-10-13-8-12(3-5-16(13)23-17)18-21-6-1-7-22-18/h2-5,8-9H,1,6-7,10,19-20H2,(H,21,22). The van der Waals surface area contributed by atoms with Crippen molar-refractivity contribution in [1.29, 1.82) is 0 Å². The third-order valence-corrected chi connectivity index (χ3v) is 4.28. The number of hydrogen-bond acceptors (Lipinski definition) is 5. The Morgan fingerprint density at radius 3 is 2.61 bits per heavy atom. The first-order valence-electron chi connectivity index (χ1n) is 7.85. The number of rotatable bonds is 2. The highest BCUT2D eigenvalue weighted by Crippen LogP contribution is 2.31. The smallest absolute Gasteiger partial charge is 0.128 e. The molecule has 2 heterocycles. The van der Waals surface area contributed by atoms with Gasteiger partial charge in [-0.3, -0.25) is 9.98 Å². The summed E-state index contributed by atoms with van der Waals surface area (Å²) in [5.41, 5.74) is 18.3. The van der Waals surface area contributed by atoms with Gasteiger partial charge in [-0.05, 0) is 47.9 Å². The Bertz CT molecular complexity index is 835. The Balaban J connectivity index is 1.63. The topological polar surface area (TPSA) is 88.8 Å². The minimum atomic E-state index is 0.600. The van der Waals surface area contributed by atoms with Crippen molar-refractivity contribution in [2.45, 2.75) is 12.8 Å². The second kappa shape index (κ2) is 5.43. The number of aliphatic imine (C=N–C) groups is 2. The molecule has 0 saturated carbocycles. The van der Waals surface area contributed by atoms with Crippen molar-refractivity contribution in [3.05, 3.63) is 53.1 Å². The molecule has 0 amide bonds. The maximum atomic E-state index is 5.91. The fourth-order valence-corrected chi connectivity index (χ4v) is 3.00. The molecule has 5 nitrogen and oxygen atoms in total. The molecule has 23 heavy (non-hydrogen) atoms. The molecule has 0 saturated heterocycles. The third kappa shape index (κ3) is 2.54. The van der Waals surface area contributed by atoms with E-state index in [1.54, 1.807) is 0 Å². The zero-order valence-corrected chi connectivity index (χ0v) is 12.8. The number of benzene rings is 2. The van der Waals surface area contributed by atoms with Crippen LogP contribution in [0.4, 0.5) is 17.1 Å². The van der Waals surface area contributed by atoms with E-state index in [4.69, 9.17) is 16.5 Å². The Morgan fingerprint density at radius 1 is 0.957 bits per heavy atom. The summed E-state index contributed by atoms with van der Waals surface area (Å²) >= 11 is 0. The molecule has 5 N–H and O–H groups in total. The van der Waals surface area contributed by atoms with Gasteiger partial charge in [-0.15, -0.1) is 0 Å². The number of nitrogens with two attached hydrogens (primary N) is 2. The SMILES string of the molecule is Nc1ccc(C2=Nc3ccc(C4=NCCCN4)cc3C2)cc1N. The molecule has 2 aliphatic rings. The highest BCUT2D eigenvalue weighted by atomic mass is 15.0. The van der Waals surface area contributed by atoms with Crippen molar-refractivity contribution in [1.82, 2.24) is 5.32 Å². The summed E-state index contributed by atoms with van der Waals surface area (Å²) in [6.07, 6.45) is 1.90. The van der Waals surface area contributed by atoms with E-state index in [9.17, 15) is 0 Å². The maximum Gasteiger partial charge on any atom is 0.128 e. The number of amidine groups is 1. The van der Waals surface area contributed by atoms with Crippen LogP contribution >= 0.6 is 0 Å². The van der Waals surface area contributed by atoms with Gasteiger partial charge in [-0.1, -0.05) is 6.07 Å². The summed E-state index contributed by atoms with van der Waals surface area (Å²) in [7, 11) is 0. The summed E-state index contributed by atoms with van der Waals surface area (Å²) in [6.45, 7) is 1.88. The molecule has 0 bridgehead atoms. The van der Waals surface area contributed by atoms with Crippen molar-refractivity contribution in [2.24, 2.45) is 9.98 Å². The van der Waals surface area contributed by atoms with E-state index >= 15 is 0 Å². The van der Waals surface area contributed by atoms with Crippen molar-refractivity contribution in [3.63, 3.8) is 0 Å². The first-order chi connectivity index (χ1) is 11.2. The zero-order chi connectivity index (χ0) is 15.8. The number of nitrogen functional groups attached to an aromatic ring is 2. The lowest BCUT2D eigenvalue weighted by molar-refractivity contribution is 0.742. The van der Waals surface area contributed by atoms with Crippen LogP contribution in [0, 0.1) is 0 Å². The highest BCUT2D eigenvalue weighted by molar-refractivity contribution is 6.08. The van der Waals surface area contributed by atoms with Gasteiger partial charge < -0.3 is 16.8 Å². The second-order valence-electron chi connectivity index (χ2n) is 5.93. The van der Waals surface area contributed by atoms with Crippen LogP contribution in [0.5, 0.6) is 0 Å². The van der Waals surface area contributed by atoms with Gasteiger partial charge in [-0.25, -0.2) is 0 Å². The molecule has 0 spiro atoms. The average molecular weight is 305 g/mol. The van der Waals surface area contributed by atoms with Gasteiger partial charge in [0, 0.05) is 25.1 Å². The molecule has 4 rings (SSSR count). The molecule has 0 unspecified atom stereocenters. The van der Waals surface area contributed by atoms with Gasteiger partial charge in [0.25, 0.3) is 0 Å². The molecule has 116 valence electrons. The van der Waals surface area contributed by atoms with Crippen LogP contribution < -0.4 is 16.8 Å². The minimum absolute atomic E-state index is 0.600. The van der Waals surface area contributed by atoms with Gasteiger partial charge in [0.05, 0.1) is 22.8 Å². The Morgan fingerprint density at radius 2 is 1.83 bits per heavy atom. The van der Waals surface area contributed by atoms with E-state index < -0.39 is 0 Å². The highest BCUT2D eigenvalue weighted by Gasteiger charge is 2.18. The summed E-state index contributed by atoms with van der Waals surface area (Å²) in [4.78, 5) is 9.30. The quantitative estimate of drug-likeness (QED) is 0.744. The molecule has 0 atom stereocenters. The van der Waals surface area contributed by atoms with E-state index in [-0.39, 0.29) is 0 Å². The first-order valence-corrected chi connectivity index (χ1v) is 7.85. The summed E-state index contributed by atoms with van der Waals surface area (Å²) < 4.78 is 0. The van der Waals surface area contributed by atoms with Gasteiger partial charge in [0.2, 0.25) is 0 Å². The first kappa shape index (κ1) is 13.8. The molecule has 0 aliphatic carbocycles. The van der Waals surface area contributed by atoms with Crippen molar-refractivity contribution < 1.29 is 0 Å². The van der Waals surface area contributed by atoms with E-state index in [1.165, 1.54) is 5.56 Å². The van der Waals surface area contributed by atoms with Crippen LogP contribution in [0.15, 0.2) is 46.4 Å². The van der Waals surface area contributed by atoms with Crippen LogP contribution in [-0.2, 0) is 6.42 Å². The summed E-state index contributed by atoms with van der Waals surface area (Å²) in [5.74, 6) is 0.990. The molecule has 0 aromatic heterocycles. The van der Waals surface area contributed by atoms with Crippen molar-refractivity contribution in [3.8, 4) is 0 Å². The van der Waals surface area contributed by atoms with Crippen molar-refractivity contribution >= 4 is 28.6 Å². The van der Waals surface area contributed by atoms with Crippen LogP contribution in [0.2, 0.25) is 0 Å². The van der Waals surface area contributed by atoms with Gasteiger partial charge in [0.1, 0.15) is 5.84 Å². The largest absolute Gasteiger partial charge is 0.397 e. The van der Waals surface area contributed by atoms with E-state index in [0.717, 1.165) is 54.3 Å². The monoisotopic (exact) mass is 305 g/mol. The number of nitrogens with zero attached hydrogens (tertiary/aromatic N) is 2. The van der Waals surface area contributed by atoms with E-state index in [2.05, 4.69) is 28.5 Å². The molecular formula is C18H19N5. The fourth-order valence-electron chi connectivity index (χ4n) is 3.00. The molecule has 0 radical (unpaired) electrons. The van der Waals surface area contributed by atoms with Gasteiger partial charge in [-0.2, -0.15) is 0 Å². The molecule has 5 heteroatoms. The maximum absolute atomic E-state index is 5.91. The lowest BCUT2D eigenvalue weighted by atomic mass is 10.0. The molecule has 2 aromatic rings. The number of hydrogen-bond donors (Lipinski definition) is 3. The van der Waals surface area contributed by atoms with Gasteiger partial charge >= 0.3 is 0 Å². The molecular weight excluding hydrogens is 286 g/mol. The minimum Gasteiger partial charge on any atom is -0.397 e. The normalized spacial score (nSPS) is 16.3. The molecule has 2 aliphatic heterocycles. The van der Waals surface area contributed by atoms with Gasteiger partial charge in [0.15, 0.2) is 0 Å². The third-order valence-electron chi connectivity index (χ3n) is 4.28. The number of fused-ring (bicyclic) bond motifs is 1. The zero-order valence-electron chi connectivity index (χ0n) is 12.8. The average Bonchev–Trinajstić information content (AvgIpc) is 3.01. The summed E-state index contributed by atoms with van der Waals surface area (Å²) in [5, 5.41) is 3.37. The molecule has 2 aromatic carbocycles. The second-order valence-corrected chi connectivity index (χ2v) is 5.93. The lowest BCUT2D eigenvalue weighted by Gasteiger charge is -2.15. The lowest BCUT2D eigenvalue weighted by Crippen LogP contribution is -2.30. The Kier molecular flexibility index (Phi) is 3.26. The predicted octanol–water partition coefficient (Wildman–Crippen LogP) is 2.27. The Hall–Kier alpha value is -2.82. The Labute approximate surface area is 135 Å². The van der Waals surface area contributed by atoms with E-state index in [1.807, 2.05) is 18.2 Å². The predicted molar refractivity (Wildman–Crippen MR) is 95.6 cm³/mol. The number of anilines is 2.